The maximum absolute atomic E-state index is 5.99. The molecule has 22 heavy (non-hydrogen) atoms. The summed E-state index contributed by atoms with van der Waals surface area (Å²) in [5.74, 6) is 1.04. The second-order valence-corrected chi connectivity index (χ2v) is 6.29. The number of aryl methyl sites for hydroxylation is 1. The molecule has 0 bridgehead atoms. The zero-order chi connectivity index (χ0) is 15.6. The van der Waals surface area contributed by atoms with E-state index in [9.17, 15) is 0 Å². The van der Waals surface area contributed by atoms with Gasteiger partial charge in [-0.15, -0.1) is 0 Å². The van der Waals surface area contributed by atoms with Gasteiger partial charge in [0.15, 0.2) is 0 Å². The smallest absolute Gasteiger partial charge is 0.122 e. The Kier molecular flexibility index (Phi) is 7.28. The Labute approximate surface area is 135 Å². The van der Waals surface area contributed by atoms with Gasteiger partial charge >= 0.3 is 0 Å². The van der Waals surface area contributed by atoms with Crippen molar-refractivity contribution in [2.24, 2.45) is 0 Å². The summed E-state index contributed by atoms with van der Waals surface area (Å²) in [6, 6.07) is 12.9. The highest BCUT2D eigenvalue weighted by molar-refractivity contribution is 5.84. The number of fused-ring (bicyclic) bond motifs is 1. The fraction of sp³-hybridized carbons (Fsp3) is 0.524. The number of rotatable bonds is 10. The van der Waals surface area contributed by atoms with Crippen LogP contribution >= 0.6 is 0 Å². The Morgan fingerprint density at radius 3 is 2.05 bits per heavy atom. The Balaban J connectivity index is 1.68. The van der Waals surface area contributed by atoms with Crippen LogP contribution in [0, 0.1) is 6.92 Å². The van der Waals surface area contributed by atoms with Crippen molar-refractivity contribution in [1.29, 1.82) is 0 Å². The lowest BCUT2D eigenvalue weighted by Crippen LogP contribution is -1.99. The zero-order valence-corrected chi connectivity index (χ0v) is 14.2. The van der Waals surface area contributed by atoms with Crippen molar-refractivity contribution in [2.45, 2.75) is 65.2 Å². The van der Waals surface area contributed by atoms with E-state index in [1.54, 1.807) is 0 Å². The molecule has 0 aliphatic heterocycles. The summed E-state index contributed by atoms with van der Waals surface area (Å²) < 4.78 is 5.99. The minimum atomic E-state index is 0.841. The highest BCUT2D eigenvalue weighted by atomic mass is 16.5. The first-order chi connectivity index (χ1) is 10.8. The van der Waals surface area contributed by atoms with Crippen LogP contribution in [0.15, 0.2) is 36.4 Å². The molecule has 0 N–H and O–H groups in total. The molecule has 0 aliphatic carbocycles. The Morgan fingerprint density at radius 2 is 1.36 bits per heavy atom. The zero-order valence-electron chi connectivity index (χ0n) is 14.2. The molecule has 0 aliphatic rings. The molecular weight excluding hydrogens is 268 g/mol. The van der Waals surface area contributed by atoms with E-state index in [0.717, 1.165) is 12.4 Å². The summed E-state index contributed by atoms with van der Waals surface area (Å²) in [4.78, 5) is 0. The highest BCUT2D eigenvalue weighted by Gasteiger charge is 2.02. The summed E-state index contributed by atoms with van der Waals surface area (Å²) in [5, 5.41) is 2.55. The first-order valence-electron chi connectivity index (χ1n) is 8.93. The number of hydrogen-bond acceptors (Lipinski definition) is 1. The summed E-state index contributed by atoms with van der Waals surface area (Å²) >= 11 is 0. The first-order valence-corrected chi connectivity index (χ1v) is 8.93. The average molecular weight is 298 g/mol. The quantitative estimate of drug-likeness (QED) is 0.445. The SMILES string of the molecule is CCCCCCCCCCOc1cc2ccccc2cc1C. The van der Waals surface area contributed by atoms with Crippen molar-refractivity contribution in [3.63, 3.8) is 0 Å². The van der Waals surface area contributed by atoms with E-state index in [1.807, 2.05) is 0 Å². The number of ether oxygens (including phenoxy) is 1. The Hall–Kier alpha value is -1.50. The van der Waals surface area contributed by atoms with E-state index in [0.29, 0.717) is 0 Å². The van der Waals surface area contributed by atoms with Crippen molar-refractivity contribution in [1.82, 2.24) is 0 Å². The number of hydrogen-bond donors (Lipinski definition) is 0. The van der Waals surface area contributed by atoms with E-state index in [4.69, 9.17) is 4.74 Å². The molecule has 0 amide bonds. The van der Waals surface area contributed by atoms with Crippen LogP contribution in [0.3, 0.4) is 0 Å². The summed E-state index contributed by atoms with van der Waals surface area (Å²) in [6.45, 7) is 5.25. The third kappa shape index (κ3) is 5.36. The van der Waals surface area contributed by atoms with Crippen LogP contribution < -0.4 is 4.74 Å². The van der Waals surface area contributed by atoms with Crippen LogP contribution in [0.2, 0.25) is 0 Å². The second kappa shape index (κ2) is 9.50. The maximum Gasteiger partial charge on any atom is 0.122 e. The van der Waals surface area contributed by atoms with Crippen LogP contribution in [0.4, 0.5) is 0 Å². The van der Waals surface area contributed by atoms with Crippen molar-refractivity contribution < 1.29 is 4.74 Å². The van der Waals surface area contributed by atoms with Gasteiger partial charge in [0.05, 0.1) is 6.61 Å². The van der Waals surface area contributed by atoms with Gasteiger partial charge in [0.2, 0.25) is 0 Å². The van der Waals surface area contributed by atoms with Gasteiger partial charge in [-0.05, 0) is 41.8 Å². The van der Waals surface area contributed by atoms with Crippen LogP contribution in [0.1, 0.15) is 63.9 Å². The van der Waals surface area contributed by atoms with E-state index < -0.39 is 0 Å². The molecule has 2 rings (SSSR count). The molecule has 0 atom stereocenters. The third-order valence-corrected chi connectivity index (χ3v) is 4.30. The molecule has 0 saturated heterocycles. The first kappa shape index (κ1) is 16.9. The minimum Gasteiger partial charge on any atom is -0.493 e. The van der Waals surface area contributed by atoms with Gasteiger partial charge in [0.1, 0.15) is 5.75 Å². The summed E-state index contributed by atoms with van der Waals surface area (Å²) in [7, 11) is 0. The van der Waals surface area contributed by atoms with E-state index >= 15 is 0 Å². The van der Waals surface area contributed by atoms with Crippen LogP contribution in [0.25, 0.3) is 10.8 Å². The van der Waals surface area contributed by atoms with Crippen molar-refractivity contribution in [3.05, 3.63) is 42.0 Å². The lowest BCUT2D eigenvalue weighted by molar-refractivity contribution is 0.303. The van der Waals surface area contributed by atoms with Gasteiger partial charge in [0, 0.05) is 0 Å². The van der Waals surface area contributed by atoms with E-state index in [1.165, 1.54) is 67.7 Å². The molecular formula is C21H30O. The number of unbranched alkanes of at least 4 members (excludes halogenated alkanes) is 7. The molecule has 0 unspecified atom stereocenters. The molecule has 0 aromatic heterocycles. The summed E-state index contributed by atoms with van der Waals surface area (Å²) in [6.07, 6.45) is 10.7. The molecule has 120 valence electrons. The molecule has 2 aromatic rings. The normalized spacial score (nSPS) is 11.0. The predicted octanol–water partition coefficient (Wildman–Crippen LogP) is 6.67. The van der Waals surface area contributed by atoms with E-state index in [2.05, 4.69) is 50.2 Å². The Morgan fingerprint density at radius 1 is 0.773 bits per heavy atom. The lowest BCUT2D eigenvalue weighted by Gasteiger charge is -2.10. The second-order valence-electron chi connectivity index (χ2n) is 6.29. The molecule has 2 aromatic carbocycles. The van der Waals surface area contributed by atoms with Crippen molar-refractivity contribution in [3.8, 4) is 5.75 Å². The van der Waals surface area contributed by atoms with Gasteiger partial charge in [0.25, 0.3) is 0 Å². The monoisotopic (exact) mass is 298 g/mol. The largest absolute Gasteiger partial charge is 0.493 e. The van der Waals surface area contributed by atoms with Crippen LogP contribution in [-0.4, -0.2) is 6.61 Å². The van der Waals surface area contributed by atoms with Crippen LogP contribution in [0.5, 0.6) is 5.75 Å². The molecule has 0 saturated carbocycles. The topological polar surface area (TPSA) is 9.23 Å². The molecule has 0 radical (unpaired) electrons. The molecule has 0 heterocycles. The van der Waals surface area contributed by atoms with Crippen molar-refractivity contribution in [2.75, 3.05) is 6.61 Å². The lowest BCUT2D eigenvalue weighted by atomic mass is 10.1. The Bertz CT molecular complexity index is 559. The standard InChI is InChI=1S/C21H30O/c1-3-4-5-6-7-8-9-12-15-22-21-17-20-14-11-10-13-19(20)16-18(21)2/h10-11,13-14,16-17H,3-9,12,15H2,1-2H3. The minimum absolute atomic E-state index is 0.841. The molecule has 0 fully saturated rings. The van der Waals surface area contributed by atoms with Gasteiger partial charge in [-0.2, -0.15) is 0 Å². The molecule has 1 nitrogen and oxygen atoms in total. The predicted molar refractivity (Wildman–Crippen MR) is 96.8 cm³/mol. The molecule has 1 heteroatoms. The summed E-state index contributed by atoms with van der Waals surface area (Å²) in [5.41, 5.74) is 1.23. The third-order valence-electron chi connectivity index (χ3n) is 4.30. The van der Waals surface area contributed by atoms with Gasteiger partial charge in [-0.1, -0.05) is 76.1 Å². The van der Waals surface area contributed by atoms with Crippen molar-refractivity contribution >= 4 is 10.8 Å². The van der Waals surface area contributed by atoms with Gasteiger partial charge < -0.3 is 4.74 Å². The average Bonchev–Trinajstić information content (AvgIpc) is 2.53. The fourth-order valence-corrected chi connectivity index (χ4v) is 2.91. The van der Waals surface area contributed by atoms with E-state index in [-0.39, 0.29) is 0 Å². The number of benzene rings is 2. The maximum atomic E-state index is 5.99. The fourth-order valence-electron chi connectivity index (χ4n) is 2.91. The van der Waals surface area contributed by atoms with Gasteiger partial charge in [-0.3, -0.25) is 0 Å². The highest BCUT2D eigenvalue weighted by Crippen LogP contribution is 2.25. The molecule has 0 spiro atoms. The van der Waals surface area contributed by atoms with Gasteiger partial charge in [-0.25, -0.2) is 0 Å². The van der Waals surface area contributed by atoms with Crippen LogP contribution in [-0.2, 0) is 0 Å².